The number of esters is 1. The molecule has 0 spiro atoms. The van der Waals surface area contributed by atoms with Gasteiger partial charge in [0, 0.05) is 18.3 Å². The van der Waals surface area contributed by atoms with Crippen molar-refractivity contribution < 1.29 is 14.3 Å². The largest absolute Gasteiger partial charge is 0.481 e. The molecule has 0 bridgehead atoms. The Bertz CT molecular complexity index is 379. The lowest BCUT2D eigenvalue weighted by molar-refractivity contribution is -0.143. The predicted molar refractivity (Wildman–Crippen MR) is 73.1 cm³/mol. The number of carbonyl (C=O) groups excluding carboxylic acids is 1. The first-order valence-corrected chi connectivity index (χ1v) is 6.60. The van der Waals surface area contributed by atoms with Gasteiger partial charge in [0.2, 0.25) is 5.88 Å². The van der Waals surface area contributed by atoms with E-state index in [9.17, 15) is 4.79 Å². The first kappa shape index (κ1) is 15.4. The van der Waals surface area contributed by atoms with Gasteiger partial charge in [-0.25, -0.2) is 4.98 Å². The highest BCUT2D eigenvalue weighted by atomic mass is 16.5. The van der Waals surface area contributed by atoms with Gasteiger partial charge in [-0.1, -0.05) is 13.0 Å². The van der Waals surface area contributed by atoms with Gasteiger partial charge in [0.1, 0.15) is 0 Å². The van der Waals surface area contributed by atoms with Crippen molar-refractivity contribution in [3.8, 4) is 5.88 Å². The van der Waals surface area contributed by atoms with E-state index in [0.717, 1.165) is 18.5 Å². The molecule has 0 fully saturated rings. The lowest BCUT2D eigenvalue weighted by Crippen LogP contribution is -2.25. The summed E-state index contributed by atoms with van der Waals surface area (Å²) in [6.45, 7) is 5.14. The van der Waals surface area contributed by atoms with Gasteiger partial charge in [-0.2, -0.15) is 0 Å². The topological polar surface area (TPSA) is 60.5 Å². The summed E-state index contributed by atoms with van der Waals surface area (Å²) in [4.78, 5) is 15.8. The maximum absolute atomic E-state index is 11.6. The number of hydrogen-bond donors (Lipinski definition) is 1. The van der Waals surface area contributed by atoms with Crippen molar-refractivity contribution in [3.05, 3.63) is 23.9 Å². The third kappa shape index (κ3) is 5.26. The van der Waals surface area contributed by atoms with Crippen LogP contribution in [0.4, 0.5) is 0 Å². The quantitative estimate of drug-likeness (QED) is 0.730. The lowest BCUT2D eigenvalue weighted by atomic mass is 10.1. The Morgan fingerprint density at radius 2 is 2.21 bits per heavy atom. The standard InChI is InChI=1S/C14H22N2O3/c1-4-8-15-12(9-14(17)19-5-2)11-6-7-13(18-3)16-10-11/h6-7,10,12,15H,4-5,8-9H2,1-3H3. The Kier molecular flexibility index (Phi) is 6.89. The van der Waals surface area contributed by atoms with Crippen LogP contribution in [-0.2, 0) is 9.53 Å². The summed E-state index contributed by atoms with van der Waals surface area (Å²) < 4.78 is 10.0. The molecule has 0 radical (unpaired) electrons. The molecule has 0 aliphatic heterocycles. The van der Waals surface area contributed by atoms with Crippen molar-refractivity contribution in [1.29, 1.82) is 0 Å². The molecule has 106 valence electrons. The molecule has 0 aliphatic carbocycles. The SMILES string of the molecule is CCCNC(CC(=O)OCC)c1ccc(OC)nc1. The van der Waals surface area contributed by atoms with Gasteiger partial charge in [-0.05, 0) is 25.5 Å². The number of ether oxygens (including phenoxy) is 2. The van der Waals surface area contributed by atoms with E-state index in [0.29, 0.717) is 18.9 Å². The van der Waals surface area contributed by atoms with Crippen molar-refractivity contribution in [3.63, 3.8) is 0 Å². The summed E-state index contributed by atoms with van der Waals surface area (Å²) in [6, 6.07) is 3.64. The number of rotatable bonds is 8. The first-order valence-electron chi connectivity index (χ1n) is 6.60. The van der Waals surface area contributed by atoms with E-state index < -0.39 is 0 Å². The van der Waals surface area contributed by atoms with Crippen LogP contribution in [0.15, 0.2) is 18.3 Å². The maximum Gasteiger partial charge on any atom is 0.307 e. The normalized spacial score (nSPS) is 11.9. The van der Waals surface area contributed by atoms with Crippen LogP contribution in [0.2, 0.25) is 0 Å². The van der Waals surface area contributed by atoms with E-state index in [2.05, 4.69) is 17.2 Å². The van der Waals surface area contributed by atoms with Crippen LogP contribution < -0.4 is 10.1 Å². The predicted octanol–water partition coefficient (Wildman–Crippen LogP) is 2.08. The molecule has 0 amide bonds. The Hall–Kier alpha value is -1.62. The summed E-state index contributed by atoms with van der Waals surface area (Å²) >= 11 is 0. The molecule has 19 heavy (non-hydrogen) atoms. The molecular formula is C14H22N2O3. The van der Waals surface area contributed by atoms with E-state index >= 15 is 0 Å². The fraction of sp³-hybridized carbons (Fsp3) is 0.571. The number of nitrogens with zero attached hydrogens (tertiary/aromatic N) is 1. The minimum Gasteiger partial charge on any atom is -0.481 e. The van der Waals surface area contributed by atoms with Gasteiger partial charge in [0.05, 0.1) is 20.1 Å². The molecule has 1 N–H and O–H groups in total. The smallest absolute Gasteiger partial charge is 0.307 e. The second-order valence-corrected chi connectivity index (χ2v) is 4.15. The average molecular weight is 266 g/mol. The zero-order valence-electron chi connectivity index (χ0n) is 11.8. The maximum atomic E-state index is 11.6. The molecule has 1 unspecified atom stereocenters. The van der Waals surface area contributed by atoms with Gasteiger partial charge in [-0.15, -0.1) is 0 Å². The van der Waals surface area contributed by atoms with E-state index in [1.807, 2.05) is 6.07 Å². The van der Waals surface area contributed by atoms with Crippen molar-refractivity contribution in [2.45, 2.75) is 32.7 Å². The van der Waals surface area contributed by atoms with Crippen molar-refractivity contribution in [2.75, 3.05) is 20.3 Å². The number of hydrogen-bond acceptors (Lipinski definition) is 5. The molecule has 1 heterocycles. The van der Waals surface area contributed by atoms with Gasteiger partial charge in [0.15, 0.2) is 0 Å². The molecular weight excluding hydrogens is 244 g/mol. The summed E-state index contributed by atoms with van der Waals surface area (Å²) in [7, 11) is 1.58. The Labute approximate surface area is 114 Å². The van der Waals surface area contributed by atoms with E-state index in [-0.39, 0.29) is 12.0 Å². The highest BCUT2D eigenvalue weighted by Crippen LogP contribution is 2.18. The van der Waals surface area contributed by atoms with Crippen molar-refractivity contribution >= 4 is 5.97 Å². The molecule has 1 aromatic heterocycles. The summed E-state index contributed by atoms with van der Waals surface area (Å²) in [5.74, 6) is 0.362. The molecule has 0 aliphatic rings. The highest BCUT2D eigenvalue weighted by molar-refractivity contribution is 5.70. The third-order valence-electron chi connectivity index (χ3n) is 2.69. The minimum atomic E-state index is -0.202. The number of pyridine rings is 1. The number of carbonyl (C=O) groups is 1. The Balaban J connectivity index is 2.73. The van der Waals surface area contributed by atoms with Crippen LogP contribution in [-0.4, -0.2) is 31.2 Å². The Morgan fingerprint density at radius 3 is 2.74 bits per heavy atom. The summed E-state index contributed by atoms with van der Waals surface area (Å²) in [5, 5.41) is 3.33. The number of aromatic nitrogens is 1. The van der Waals surface area contributed by atoms with Crippen LogP contribution in [0, 0.1) is 0 Å². The molecule has 5 nitrogen and oxygen atoms in total. The molecule has 0 saturated carbocycles. The number of nitrogens with one attached hydrogen (secondary N) is 1. The molecule has 1 aromatic rings. The second kappa shape index (κ2) is 8.48. The minimum absolute atomic E-state index is 0.0718. The van der Waals surface area contributed by atoms with Crippen LogP contribution in [0.3, 0.4) is 0 Å². The molecule has 0 saturated heterocycles. The monoisotopic (exact) mass is 266 g/mol. The second-order valence-electron chi connectivity index (χ2n) is 4.15. The molecule has 5 heteroatoms. The van der Waals surface area contributed by atoms with Gasteiger partial charge < -0.3 is 14.8 Å². The summed E-state index contributed by atoms with van der Waals surface area (Å²) in [6.07, 6.45) is 3.04. The molecule has 1 atom stereocenters. The van der Waals surface area contributed by atoms with Gasteiger partial charge in [-0.3, -0.25) is 4.79 Å². The molecule has 1 rings (SSSR count). The molecule has 0 aromatic carbocycles. The van der Waals surface area contributed by atoms with E-state index in [1.165, 1.54) is 0 Å². The lowest BCUT2D eigenvalue weighted by Gasteiger charge is -2.18. The first-order chi connectivity index (χ1) is 9.21. The fourth-order valence-corrected chi connectivity index (χ4v) is 1.73. The van der Waals surface area contributed by atoms with E-state index in [4.69, 9.17) is 9.47 Å². The van der Waals surface area contributed by atoms with E-state index in [1.54, 1.807) is 26.3 Å². The van der Waals surface area contributed by atoms with Crippen LogP contribution >= 0.6 is 0 Å². The van der Waals surface area contributed by atoms with Crippen LogP contribution in [0.5, 0.6) is 5.88 Å². The van der Waals surface area contributed by atoms with Crippen molar-refractivity contribution in [1.82, 2.24) is 10.3 Å². The van der Waals surface area contributed by atoms with Gasteiger partial charge >= 0.3 is 5.97 Å². The fourth-order valence-electron chi connectivity index (χ4n) is 1.73. The zero-order valence-corrected chi connectivity index (χ0v) is 11.8. The van der Waals surface area contributed by atoms with Crippen LogP contribution in [0.1, 0.15) is 38.3 Å². The average Bonchev–Trinajstić information content (AvgIpc) is 2.44. The third-order valence-corrected chi connectivity index (χ3v) is 2.69. The Morgan fingerprint density at radius 1 is 1.42 bits per heavy atom. The number of methoxy groups -OCH3 is 1. The van der Waals surface area contributed by atoms with Gasteiger partial charge in [0.25, 0.3) is 0 Å². The van der Waals surface area contributed by atoms with Crippen LogP contribution in [0.25, 0.3) is 0 Å². The summed E-state index contributed by atoms with van der Waals surface area (Å²) in [5.41, 5.74) is 0.960. The highest BCUT2D eigenvalue weighted by Gasteiger charge is 2.16. The van der Waals surface area contributed by atoms with Crippen molar-refractivity contribution in [2.24, 2.45) is 0 Å². The zero-order chi connectivity index (χ0) is 14.1.